The Morgan fingerprint density at radius 1 is 0.900 bits per heavy atom. The molecule has 3 aromatic carbocycles. The van der Waals surface area contributed by atoms with E-state index in [2.05, 4.69) is 4.98 Å². The molecular formula is C25H22N2O3. The van der Waals surface area contributed by atoms with Gasteiger partial charge in [-0.2, -0.15) is 0 Å². The molecule has 0 radical (unpaired) electrons. The van der Waals surface area contributed by atoms with Crippen LogP contribution in [-0.4, -0.2) is 34.0 Å². The number of benzene rings is 3. The van der Waals surface area contributed by atoms with Gasteiger partial charge in [0.05, 0.1) is 18.4 Å². The van der Waals surface area contributed by atoms with E-state index in [9.17, 15) is 9.90 Å². The van der Waals surface area contributed by atoms with Gasteiger partial charge in [-0.15, -0.1) is 0 Å². The van der Waals surface area contributed by atoms with Crippen molar-refractivity contribution in [1.82, 2.24) is 9.88 Å². The van der Waals surface area contributed by atoms with E-state index in [-0.39, 0.29) is 19.1 Å². The fourth-order valence-corrected chi connectivity index (χ4v) is 3.34. The molecule has 4 rings (SSSR count). The largest absolute Gasteiger partial charge is 0.436 e. The van der Waals surface area contributed by atoms with Crippen molar-refractivity contribution in [1.29, 1.82) is 0 Å². The molecule has 0 aliphatic rings. The Morgan fingerprint density at radius 3 is 2.30 bits per heavy atom. The van der Waals surface area contributed by atoms with Gasteiger partial charge in [0.1, 0.15) is 0 Å². The van der Waals surface area contributed by atoms with E-state index < -0.39 is 0 Å². The summed E-state index contributed by atoms with van der Waals surface area (Å²) in [6.45, 7) is 0.538. The van der Waals surface area contributed by atoms with Crippen LogP contribution in [0.2, 0.25) is 0 Å². The molecule has 5 nitrogen and oxygen atoms in total. The number of aromatic nitrogens is 1. The Kier molecular flexibility index (Phi) is 6.01. The molecule has 0 spiro atoms. The van der Waals surface area contributed by atoms with Crippen LogP contribution in [0.1, 0.15) is 15.9 Å². The summed E-state index contributed by atoms with van der Waals surface area (Å²) in [6, 6.07) is 26.7. The van der Waals surface area contributed by atoms with Gasteiger partial charge in [0.15, 0.2) is 5.76 Å². The molecule has 1 N–H and O–H groups in total. The fraction of sp³-hybridized carbons (Fsp3) is 0.120. The molecule has 0 aliphatic carbocycles. The lowest BCUT2D eigenvalue weighted by Gasteiger charge is -2.23. The predicted octanol–water partition coefficient (Wildman–Crippen LogP) is 4.64. The van der Waals surface area contributed by atoms with Gasteiger partial charge in [0.2, 0.25) is 5.89 Å². The molecule has 0 aliphatic heterocycles. The summed E-state index contributed by atoms with van der Waals surface area (Å²) in [5.74, 6) is 0.855. The number of aliphatic hydroxyl groups excluding tert-OH is 1. The number of hydrogen-bond donors (Lipinski definition) is 1. The summed E-state index contributed by atoms with van der Waals surface area (Å²) < 4.78 is 5.97. The minimum Gasteiger partial charge on any atom is -0.436 e. The van der Waals surface area contributed by atoms with E-state index >= 15 is 0 Å². The van der Waals surface area contributed by atoms with Gasteiger partial charge in [-0.25, -0.2) is 4.98 Å². The van der Waals surface area contributed by atoms with Gasteiger partial charge in [0, 0.05) is 24.2 Å². The lowest BCUT2D eigenvalue weighted by atomic mass is 10.1. The molecule has 0 atom stereocenters. The van der Waals surface area contributed by atoms with Crippen molar-refractivity contribution in [2.75, 3.05) is 13.2 Å². The van der Waals surface area contributed by atoms with Crippen molar-refractivity contribution in [3.8, 4) is 22.8 Å². The number of aliphatic hydroxyl groups is 1. The number of nitrogens with zero attached hydrogens (tertiary/aromatic N) is 2. The first-order chi connectivity index (χ1) is 14.8. The van der Waals surface area contributed by atoms with Gasteiger partial charge in [-0.1, -0.05) is 72.8 Å². The fourth-order valence-electron chi connectivity index (χ4n) is 3.34. The normalized spacial score (nSPS) is 10.7. The highest BCUT2D eigenvalue weighted by molar-refractivity contribution is 6.00. The summed E-state index contributed by atoms with van der Waals surface area (Å²) in [5.41, 5.74) is 3.04. The molecule has 150 valence electrons. The number of carbonyl (C=O) groups excluding carboxylic acids is 1. The first kappa shape index (κ1) is 19.6. The van der Waals surface area contributed by atoms with Crippen LogP contribution in [-0.2, 0) is 6.54 Å². The van der Waals surface area contributed by atoms with Crippen molar-refractivity contribution in [3.63, 3.8) is 0 Å². The second-order valence-corrected chi connectivity index (χ2v) is 6.88. The van der Waals surface area contributed by atoms with Crippen LogP contribution in [0.5, 0.6) is 0 Å². The minimum absolute atomic E-state index is 0.113. The molecule has 0 bridgehead atoms. The van der Waals surface area contributed by atoms with Crippen molar-refractivity contribution < 1.29 is 14.3 Å². The molecule has 0 fully saturated rings. The second-order valence-electron chi connectivity index (χ2n) is 6.88. The summed E-state index contributed by atoms with van der Waals surface area (Å²) in [4.78, 5) is 19.4. The van der Waals surface area contributed by atoms with Gasteiger partial charge >= 0.3 is 0 Å². The van der Waals surface area contributed by atoms with Crippen LogP contribution in [0.15, 0.2) is 95.5 Å². The lowest BCUT2D eigenvalue weighted by Crippen LogP contribution is -2.33. The molecule has 4 aromatic rings. The zero-order valence-electron chi connectivity index (χ0n) is 16.4. The summed E-state index contributed by atoms with van der Waals surface area (Å²) in [7, 11) is 0. The van der Waals surface area contributed by atoms with Gasteiger partial charge in [-0.3, -0.25) is 4.79 Å². The number of carbonyl (C=O) groups is 1. The van der Waals surface area contributed by atoms with Gasteiger partial charge < -0.3 is 14.4 Å². The maximum Gasteiger partial charge on any atom is 0.255 e. The zero-order chi connectivity index (χ0) is 20.8. The Hall–Kier alpha value is -3.70. The van der Waals surface area contributed by atoms with E-state index in [4.69, 9.17) is 4.42 Å². The second kappa shape index (κ2) is 9.20. The topological polar surface area (TPSA) is 66.6 Å². The van der Waals surface area contributed by atoms with Crippen molar-refractivity contribution in [2.45, 2.75) is 6.54 Å². The van der Waals surface area contributed by atoms with Crippen LogP contribution in [0.4, 0.5) is 0 Å². The third-order valence-electron chi connectivity index (χ3n) is 4.83. The highest BCUT2D eigenvalue weighted by Gasteiger charge is 2.21. The zero-order valence-corrected chi connectivity index (χ0v) is 16.4. The summed E-state index contributed by atoms with van der Waals surface area (Å²) in [6.07, 6.45) is 1.67. The van der Waals surface area contributed by atoms with Crippen molar-refractivity contribution in [2.24, 2.45) is 0 Å². The summed E-state index contributed by atoms with van der Waals surface area (Å²) >= 11 is 0. The third-order valence-corrected chi connectivity index (χ3v) is 4.83. The molecule has 0 saturated heterocycles. The average molecular weight is 398 g/mol. The first-order valence-electron chi connectivity index (χ1n) is 9.81. The highest BCUT2D eigenvalue weighted by atomic mass is 16.4. The minimum atomic E-state index is -0.178. The smallest absolute Gasteiger partial charge is 0.255 e. The average Bonchev–Trinajstić information content (AvgIpc) is 3.30. The molecule has 30 heavy (non-hydrogen) atoms. The lowest BCUT2D eigenvalue weighted by molar-refractivity contribution is 0.0708. The Morgan fingerprint density at radius 2 is 1.57 bits per heavy atom. The molecule has 5 heteroatoms. The van der Waals surface area contributed by atoms with E-state index in [0.29, 0.717) is 29.3 Å². The first-order valence-corrected chi connectivity index (χ1v) is 9.81. The Labute approximate surface area is 175 Å². The van der Waals surface area contributed by atoms with Gasteiger partial charge in [0.25, 0.3) is 5.91 Å². The highest BCUT2D eigenvalue weighted by Crippen LogP contribution is 2.29. The Bertz CT molecular complexity index is 1110. The number of amides is 1. The van der Waals surface area contributed by atoms with Crippen LogP contribution >= 0.6 is 0 Å². The summed E-state index contributed by atoms with van der Waals surface area (Å²) in [5, 5.41) is 9.50. The molecule has 0 unspecified atom stereocenters. The number of rotatable bonds is 7. The molecule has 0 saturated carbocycles. The Balaban J connectivity index is 1.65. The van der Waals surface area contributed by atoms with Crippen molar-refractivity contribution in [3.05, 3.63) is 102 Å². The quantitative estimate of drug-likeness (QED) is 0.492. The molecular weight excluding hydrogens is 376 g/mol. The molecule has 1 heterocycles. The van der Waals surface area contributed by atoms with E-state index in [1.807, 2.05) is 78.9 Å². The van der Waals surface area contributed by atoms with Gasteiger partial charge in [-0.05, 0) is 17.7 Å². The van der Waals surface area contributed by atoms with E-state index in [1.54, 1.807) is 17.2 Å². The third kappa shape index (κ3) is 4.31. The van der Waals surface area contributed by atoms with E-state index in [1.165, 1.54) is 0 Å². The van der Waals surface area contributed by atoms with E-state index in [0.717, 1.165) is 11.1 Å². The molecule has 1 amide bonds. The monoisotopic (exact) mass is 398 g/mol. The standard InChI is InChI=1S/C25H22N2O3/c28-16-15-27(18-19-9-3-1-4-10-19)25(29)22-14-8-7-13-21(22)24-26-17-23(30-24)20-11-5-2-6-12-20/h1-14,17,28H,15-16,18H2. The maximum atomic E-state index is 13.4. The number of hydrogen-bond acceptors (Lipinski definition) is 4. The predicted molar refractivity (Wildman–Crippen MR) is 116 cm³/mol. The van der Waals surface area contributed by atoms with Crippen LogP contribution in [0.3, 0.4) is 0 Å². The molecule has 1 aromatic heterocycles. The SMILES string of the molecule is O=C(c1ccccc1-c1ncc(-c2ccccc2)o1)N(CCO)Cc1ccccc1. The number of oxazole rings is 1. The van der Waals surface area contributed by atoms with Crippen LogP contribution in [0.25, 0.3) is 22.8 Å². The maximum absolute atomic E-state index is 13.4. The van der Waals surface area contributed by atoms with Crippen LogP contribution in [0, 0.1) is 0 Å². The van der Waals surface area contributed by atoms with Crippen molar-refractivity contribution >= 4 is 5.91 Å². The van der Waals surface area contributed by atoms with Crippen LogP contribution < -0.4 is 0 Å².